The van der Waals surface area contributed by atoms with Crippen molar-refractivity contribution >= 4 is 23.9 Å². The van der Waals surface area contributed by atoms with Gasteiger partial charge in [0, 0.05) is 4.90 Å². The van der Waals surface area contributed by atoms with Gasteiger partial charge >= 0.3 is 0 Å². The number of ether oxygens (including phenoxy) is 1. The fraction of sp³-hybridized carbons (Fsp3) is 0.176. The second kappa shape index (κ2) is 8.24. The largest absolute Gasteiger partial charge is 0.497 e. The summed E-state index contributed by atoms with van der Waals surface area (Å²) in [6.07, 6.45) is 1.60. The highest BCUT2D eigenvalue weighted by molar-refractivity contribution is 8.00. The molecule has 0 aliphatic heterocycles. The Morgan fingerprint density at radius 3 is 2.86 bits per heavy atom. The molecule has 0 aliphatic rings. The highest BCUT2D eigenvalue weighted by Gasteiger charge is 2.03. The van der Waals surface area contributed by atoms with E-state index in [-0.39, 0.29) is 5.91 Å². The van der Waals surface area contributed by atoms with Crippen LogP contribution in [-0.4, -0.2) is 25.0 Å². The van der Waals surface area contributed by atoms with Gasteiger partial charge in [-0.15, -0.1) is 11.8 Å². The number of benzene rings is 2. The standard InChI is InChI=1S/C17H18N2O2S/c1-13-6-3-4-9-16(13)22-12-17(20)19-18-11-14-7-5-8-15(10-14)21-2/h3-11H,12H2,1-2H3,(H,19,20)/b18-11+. The first-order valence-corrected chi connectivity index (χ1v) is 7.82. The smallest absolute Gasteiger partial charge is 0.250 e. The molecule has 0 saturated carbocycles. The number of rotatable bonds is 6. The fourth-order valence-electron chi connectivity index (χ4n) is 1.79. The minimum atomic E-state index is -0.132. The van der Waals surface area contributed by atoms with Gasteiger partial charge in [-0.2, -0.15) is 5.10 Å². The second-order valence-electron chi connectivity index (χ2n) is 4.62. The number of aryl methyl sites for hydroxylation is 1. The molecule has 0 spiro atoms. The lowest BCUT2D eigenvalue weighted by atomic mass is 10.2. The summed E-state index contributed by atoms with van der Waals surface area (Å²) in [5, 5.41) is 3.96. The van der Waals surface area contributed by atoms with Gasteiger partial charge in [0.05, 0.1) is 19.1 Å². The Bertz CT molecular complexity index is 671. The van der Waals surface area contributed by atoms with Gasteiger partial charge in [0.15, 0.2) is 0 Å². The molecule has 0 aliphatic carbocycles. The van der Waals surface area contributed by atoms with E-state index in [2.05, 4.69) is 10.5 Å². The third-order valence-electron chi connectivity index (χ3n) is 2.95. The van der Waals surface area contributed by atoms with Crippen LogP contribution in [-0.2, 0) is 4.79 Å². The Morgan fingerprint density at radius 2 is 2.09 bits per heavy atom. The van der Waals surface area contributed by atoms with Crippen LogP contribution >= 0.6 is 11.8 Å². The van der Waals surface area contributed by atoms with Crippen LogP contribution in [0.15, 0.2) is 58.5 Å². The number of nitrogens with one attached hydrogen (secondary N) is 1. The van der Waals surface area contributed by atoms with E-state index in [4.69, 9.17) is 4.74 Å². The van der Waals surface area contributed by atoms with E-state index in [1.165, 1.54) is 17.3 Å². The maximum Gasteiger partial charge on any atom is 0.250 e. The Labute approximate surface area is 134 Å². The predicted octanol–water partition coefficient (Wildman–Crippen LogP) is 3.25. The van der Waals surface area contributed by atoms with Crippen molar-refractivity contribution in [3.63, 3.8) is 0 Å². The fourth-order valence-corrected chi connectivity index (χ4v) is 2.62. The van der Waals surface area contributed by atoms with Crippen molar-refractivity contribution in [2.24, 2.45) is 5.10 Å². The van der Waals surface area contributed by atoms with Gasteiger partial charge in [0.2, 0.25) is 5.91 Å². The number of hydrogen-bond donors (Lipinski definition) is 1. The lowest BCUT2D eigenvalue weighted by Crippen LogP contribution is -2.19. The van der Waals surface area contributed by atoms with Crippen molar-refractivity contribution < 1.29 is 9.53 Å². The van der Waals surface area contributed by atoms with Crippen molar-refractivity contribution in [3.8, 4) is 5.75 Å². The zero-order chi connectivity index (χ0) is 15.8. The molecule has 114 valence electrons. The summed E-state index contributed by atoms with van der Waals surface area (Å²) >= 11 is 1.50. The molecule has 0 fully saturated rings. The normalized spacial score (nSPS) is 10.6. The Balaban J connectivity index is 1.82. The van der Waals surface area contributed by atoms with Crippen LogP contribution in [0.25, 0.3) is 0 Å². The summed E-state index contributed by atoms with van der Waals surface area (Å²) in [6.45, 7) is 2.03. The van der Waals surface area contributed by atoms with Crippen LogP contribution in [0.3, 0.4) is 0 Å². The number of thioether (sulfide) groups is 1. The van der Waals surface area contributed by atoms with Crippen LogP contribution in [0.5, 0.6) is 5.75 Å². The molecule has 0 atom stereocenters. The molecule has 4 nitrogen and oxygen atoms in total. The van der Waals surface area contributed by atoms with Gasteiger partial charge in [-0.25, -0.2) is 5.43 Å². The van der Waals surface area contributed by atoms with Crippen molar-refractivity contribution in [2.45, 2.75) is 11.8 Å². The maximum absolute atomic E-state index is 11.8. The van der Waals surface area contributed by atoms with E-state index < -0.39 is 0 Å². The lowest BCUT2D eigenvalue weighted by Gasteiger charge is -2.04. The van der Waals surface area contributed by atoms with Crippen LogP contribution in [0.2, 0.25) is 0 Å². The third-order valence-corrected chi connectivity index (χ3v) is 4.12. The van der Waals surface area contributed by atoms with Gasteiger partial charge in [0.1, 0.15) is 5.75 Å². The van der Waals surface area contributed by atoms with Gasteiger partial charge in [0.25, 0.3) is 0 Å². The van der Waals surface area contributed by atoms with Crippen LogP contribution in [0.1, 0.15) is 11.1 Å². The molecule has 2 rings (SSSR count). The average molecular weight is 314 g/mol. The summed E-state index contributed by atoms with van der Waals surface area (Å²) < 4.78 is 5.13. The Kier molecular flexibility index (Phi) is 6.03. The molecule has 1 N–H and O–H groups in total. The monoisotopic (exact) mass is 314 g/mol. The van der Waals surface area contributed by atoms with Crippen LogP contribution in [0.4, 0.5) is 0 Å². The van der Waals surface area contributed by atoms with Gasteiger partial charge in [-0.1, -0.05) is 30.3 Å². The van der Waals surface area contributed by atoms with E-state index in [9.17, 15) is 4.79 Å². The van der Waals surface area contributed by atoms with E-state index >= 15 is 0 Å². The van der Waals surface area contributed by atoms with Crippen molar-refractivity contribution in [1.29, 1.82) is 0 Å². The SMILES string of the molecule is COc1cccc(/C=N/NC(=O)CSc2ccccc2C)c1. The molecule has 0 heterocycles. The first-order chi connectivity index (χ1) is 10.7. The summed E-state index contributed by atoms with van der Waals surface area (Å²) in [4.78, 5) is 12.9. The van der Waals surface area contributed by atoms with Gasteiger partial charge in [-0.3, -0.25) is 4.79 Å². The molecule has 0 unspecified atom stereocenters. The summed E-state index contributed by atoms with van der Waals surface area (Å²) in [7, 11) is 1.61. The van der Waals surface area contributed by atoms with E-state index in [0.717, 1.165) is 16.2 Å². The number of methoxy groups -OCH3 is 1. The number of amides is 1. The van der Waals surface area contributed by atoms with E-state index in [1.54, 1.807) is 13.3 Å². The topological polar surface area (TPSA) is 50.7 Å². The van der Waals surface area contributed by atoms with Crippen molar-refractivity contribution in [3.05, 3.63) is 59.7 Å². The first-order valence-electron chi connectivity index (χ1n) is 6.83. The zero-order valence-electron chi connectivity index (χ0n) is 12.6. The predicted molar refractivity (Wildman–Crippen MR) is 90.6 cm³/mol. The Morgan fingerprint density at radius 1 is 1.27 bits per heavy atom. The average Bonchev–Trinajstić information content (AvgIpc) is 2.54. The molecule has 22 heavy (non-hydrogen) atoms. The third kappa shape index (κ3) is 4.93. The lowest BCUT2D eigenvalue weighted by molar-refractivity contribution is -0.118. The second-order valence-corrected chi connectivity index (χ2v) is 5.64. The summed E-state index contributed by atoms with van der Waals surface area (Å²) in [6, 6.07) is 15.4. The van der Waals surface area contributed by atoms with Gasteiger partial charge < -0.3 is 4.74 Å². The molecule has 0 bridgehead atoms. The maximum atomic E-state index is 11.8. The van der Waals surface area contributed by atoms with E-state index in [1.807, 2.05) is 55.5 Å². The quantitative estimate of drug-likeness (QED) is 0.506. The first kappa shape index (κ1) is 16.1. The minimum absolute atomic E-state index is 0.132. The number of carbonyl (C=O) groups is 1. The summed E-state index contributed by atoms with van der Waals surface area (Å²) in [5.41, 5.74) is 4.56. The van der Waals surface area contributed by atoms with Crippen molar-refractivity contribution in [1.82, 2.24) is 5.43 Å². The molecule has 0 aromatic heterocycles. The van der Waals surface area contributed by atoms with E-state index in [0.29, 0.717) is 5.75 Å². The van der Waals surface area contributed by atoms with Gasteiger partial charge in [-0.05, 0) is 36.2 Å². The zero-order valence-corrected chi connectivity index (χ0v) is 13.4. The molecular formula is C17H18N2O2S. The molecule has 0 radical (unpaired) electrons. The minimum Gasteiger partial charge on any atom is -0.497 e. The van der Waals surface area contributed by atoms with Crippen LogP contribution in [0, 0.1) is 6.92 Å². The Hall–Kier alpha value is -2.27. The molecular weight excluding hydrogens is 296 g/mol. The molecule has 2 aromatic carbocycles. The summed E-state index contributed by atoms with van der Waals surface area (Å²) in [5.74, 6) is 0.957. The number of hydrazone groups is 1. The number of hydrogen-bond acceptors (Lipinski definition) is 4. The number of nitrogens with zero attached hydrogens (tertiary/aromatic N) is 1. The van der Waals surface area contributed by atoms with Crippen molar-refractivity contribution in [2.75, 3.05) is 12.9 Å². The highest BCUT2D eigenvalue weighted by atomic mass is 32.2. The molecule has 1 amide bonds. The van der Waals surface area contributed by atoms with Crippen LogP contribution < -0.4 is 10.2 Å². The molecule has 5 heteroatoms. The highest BCUT2D eigenvalue weighted by Crippen LogP contribution is 2.21. The number of carbonyl (C=O) groups excluding carboxylic acids is 1. The molecule has 0 saturated heterocycles. The molecule has 2 aromatic rings.